The van der Waals surface area contributed by atoms with Gasteiger partial charge in [-0.1, -0.05) is 30.4 Å². The van der Waals surface area contributed by atoms with Gasteiger partial charge in [0.15, 0.2) is 0 Å². The highest BCUT2D eigenvalue weighted by atomic mass is 15.1. The van der Waals surface area contributed by atoms with Gasteiger partial charge in [-0.15, -0.1) is 0 Å². The molecule has 74 valence electrons. The first kappa shape index (κ1) is 8.54. The molecule has 0 bridgehead atoms. The number of anilines is 1. The zero-order chi connectivity index (χ0) is 10.3. The maximum atomic E-state index is 2.30. The molecule has 0 aromatic heterocycles. The van der Waals surface area contributed by atoms with Crippen molar-refractivity contribution in [3.63, 3.8) is 0 Å². The van der Waals surface area contributed by atoms with Crippen LogP contribution < -0.4 is 4.90 Å². The smallest absolute Gasteiger partial charge is 0.0481 e. The van der Waals surface area contributed by atoms with Crippen molar-refractivity contribution in [2.75, 3.05) is 11.9 Å². The monoisotopic (exact) mass is 195 g/mol. The highest BCUT2D eigenvalue weighted by Gasteiger charge is 2.19. The molecule has 0 amide bonds. The van der Waals surface area contributed by atoms with Gasteiger partial charge in [-0.2, -0.15) is 0 Å². The molecule has 1 heteroatoms. The molecule has 1 heterocycles. The van der Waals surface area contributed by atoms with Crippen molar-refractivity contribution < 1.29 is 0 Å². The average Bonchev–Trinajstić information content (AvgIpc) is 2.30. The summed E-state index contributed by atoms with van der Waals surface area (Å²) in [5.74, 6) is 0. The number of hydrogen-bond acceptors (Lipinski definition) is 1. The van der Waals surface area contributed by atoms with Crippen molar-refractivity contribution in [1.29, 1.82) is 0 Å². The number of benzene rings is 1. The number of nitrogens with zero attached hydrogens (tertiary/aromatic N) is 1. The zero-order valence-electron chi connectivity index (χ0n) is 8.77. The summed E-state index contributed by atoms with van der Waals surface area (Å²) >= 11 is 0. The second-order valence-electron chi connectivity index (χ2n) is 3.97. The average molecular weight is 195 g/mol. The maximum Gasteiger partial charge on any atom is 0.0481 e. The topological polar surface area (TPSA) is 3.24 Å². The van der Waals surface area contributed by atoms with Crippen LogP contribution in [0.5, 0.6) is 0 Å². The molecule has 0 saturated heterocycles. The standard InChI is InChI=1S/C14H13N/c1-15-13-8-4-2-6-11(13)10-12-7-3-5-9-14(12)15/h2-6,8-10H,7H2,1H3. The van der Waals surface area contributed by atoms with Gasteiger partial charge in [0.2, 0.25) is 0 Å². The molecule has 1 aliphatic carbocycles. The molecule has 0 N–H and O–H groups in total. The molecule has 0 unspecified atom stereocenters. The SMILES string of the molecule is CN1C2=CC=CCC2=Cc2ccccc21. The lowest BCUT2D eigenvalue weighted by atomic mass is 9.95. The second kappa shape index (κ2) is 3.13. The summed E-state index contributed by atoms with van der Waals surface area (Å²) in [7, 11) is 2.14. The number of allylic oxidation sites excluding steroid dienone is 4. The first-order chi connectivity index (χ1) is 7.36. The Bertz CT molecular complexity index is 492. The molecule has 15 heavy (non-hydrogen) atoms. The highest BCUT2D eigenvalue weighted by molar-refractivity contribution is 5.79. The van der Waals surface area contributed by atoms with Crippen molar-refractivity contribution >= 4 is 11.8 Å². The van der Waals surface area contributed by atoms with Crippen molar-refractivity contribution in [3.05, 3.63) is 59.3 Å². The van der Waals surface area contributed by atoms with Gasteiger partial charge >= 0.3 is 0 Å². The van der Waals surface area contributed by atoms with Crippen molar-refractivity contribution in [2.24, 2.45) is 0 Å². The Balaban J connectivity index is 2.21. The fourth-order valence-corrected chi connectivity index (χ4v) is 2.26. The van der Waals surface area contributed by atoms with E-state index in [1.54, 1.807) is 0 Å². The van der Waals surface area contributed by atoms with Crippen LogP contribution in [0.15, 0.2) is 53.8 Å². The minimum Gasteiger partial charge on any atom is -0.344 e. The van der Waals surface area contributed by atoms with Gasteiger partial charge in [0.25, 0.3) is 0 Å². The van der Waals surface area contributed by atoms with Crippen LogP contribution >= 0.6 is 0 Å². The van der Waals surface area contributed by atoms with E-state index in [0.717, 1.165) is 6.42 Å². The van der Waals surface area contributed by atoms with E-state index in [4.69, 9.17) is 0 Å². The second-order valence-corrected chi connectivity index (χ2v) is 3.97. The van der Waals surface area contributed by atoms with E-state index in [9.17, 15) is 0 Å². The summed E-state index contributed by atoms with van der Waals surface area (Å²) in [6.45, 7) is 0. The maximum absolute atomic E-state index is 2.30. The van der Waals surface area contributed by atoms with Crippen LogP contribution in [-0.2, 0) is 0 Å². The van der Waals surface area contributed by atoms with Crippen LogP contribution in [-0.4, -0.2) is 7.05 Å². The fourth-order valence-electron chi connectivity index (χ4n) is 2.26. The van der Waals surface area contributed by atoms with E-state index in [2.05, 4.69) is 60.5 Å². The first-order valence-corrected chi connectivity index (χ1v) is 5.27. The Morgan fingerprint density at radius 2 is 2.07 bits per heavy atom. The molecule has 1 aliphatic heterocycles. The molecular weight excluding hydrogens is 182 g/mol. The third kappa shape index (κ3) is 1.23. The zero-order valence-corrected chi connectivity index (χ0v) is 8.77. The van der Waals surface area contributed by atoms with Crippen LogP contribution in [0.2, 0.25) is 0 Å². The molecule has 0 spiro atoms. The van der Waals surface area contributed by atoms with Gasteiger partial charge in [-0.05, 0) is 35.8 Å². The third-order valence-corrected chi connectivity index (χ3v) is 3.05. The Labute approximate surface area is 90.0 Å². The molecule has 0 saturated carbocycles. The number of likely N-dealkylation sites (N-methyl/N-ethyl adjacent to an activating group) is 1. The molecular formula is C14H13N. The van der Waals surface area contributed by atoms with Crippen molar-refractivity contribution in [2.45, 2.75) is 6.42 Å². The summed E-state index contributed by atoms with van der Waals surface area (Å²) in [6, 6.07) is 8.53. The van der Waals surface area contributed by atoms with Crippen LogP contribution in [0.3, 0.4) is 0 Å². The quantitative estimate of drug-likeness (QED) is 0.613. The number of rotatable bonds is 0. The van der Waals surface area contributed by atoms with Gasteiger partial charge in [0.05, 0.1) is 0 Å². The van der Waals surface area contributed by atoms with E-state index >= 15 is 0 Å². The predicted octanol–water partition coefficient (Wildman–Crippen LogP) is 3.36. The lowest BCUT2D eigenvalue weighted by Gasteiger charge is -2.31. The summed E-state index contributed by atoms with van der Waals surface area (Å²) in [4.78, 5) is 2.27. The van der Waals surface area contributed by atoms with Crippen LogP contribution in [0.4, 0.5) is 5.69 Å². The van der Waals surface area contributed by atoms with Crippen LogP contribution in [0, 0.1) is 0 Å². The molecule has 1 nitrogen and oxygen atoms in total. The minimum atomic E-state index is 1.05. The Morgan fingerprint density at radius 1 is 1.20 bits per heavy atom. The predicted molar refractivity (Wildman–Crippen MR) is 64.7 cm³/mol. The van der Waals surface area contributed by atoms with Crippen molar-refractivity contribution in [3.8, 4) is 0 Å². The summed E-state index contributed by atoms with van der Waals surface area (Å²) in [5, 5.41) is 0. The number of hydrogen-bond donors (Lipinski definition) is 0. The third-order valence-electron chi connectivity index (χ3n) is 3.05. The normalized spacial score (nSPS) is 17.8. The minimum absolute atomic E-state index is 1.05. The molecule has 1 aromatic rings. The fraction of sp³-hybridized carbons (Fsp3) is 0.143. The molecule has 2 aliphatic rings. The first-order valence-electron chi connectivity index (χ1n) is 5.27. The van der Waals surface area contributed by atoms with Gasteiger partial charge in [-0.3, -0.25) is 0 Å². The van der Waals surface area contributed by atoms with Gasteiger partial charge in [-0.25, -0.2) is 0 Å². The van der Waals surface area contributed by atoms with Gasteiger partial charge in [0.1, 0.15) is 0 Å². The molecule has 0 radical (unpaired) electrons. The Hall–Kier alpha value is -1.76. The molecule has 0 atom stereocenters. The highest BCUT2D eigenvalue weighted by Crippen LogP contribution is 2.36. The van der Waals surface area contributed by atoms with Crippen LogP contribution in [0.1, 0.15) is 12.0 Å². The van der Waals surface area contributed by atoms with Gasteiger partial charge in [0, 0.05) is 18.4 Å². The molecule has 3 rings (SSSR count). The van der Waals surface area contributed by atoms with E-state index in [1.165, 1.54) is 22.5 Å². The number of fused-ring (bicyclic) bond motifs is 2. The summed E-state index contributed by atoms with van der Waals surface area (Å²) in [5.41, 5.74) is 5.36. The van der Waals surface area contributed by atoms with E-state index in [-0.39, 0.29) is 0 Å². The largest absolute Gasteiger partial charge is 0.344 e. The van der Waals surface area contributed by atoms with Crippen molar-refractivity contribution in [1.82, 2.24) is 0 Å². The van der Waals surface area contributed by atoms with E-state index in [1.807, 2.05) is 0 Å². The van der Waals surface area contributed by atoms with E-state index < -0.39 is 0 Å². The lowest BCUT2D eigenvalue weighted by Crippen LogP contribution is -2.22. The van der Waals surface area contributed by atoms with Crippen LogP contribution in [0.25, 0.3) is 6.08 Å². The molecule has 1 aromatic carbocycles. The number of para-hydroxylation sites is 1. The Kier molecular flexibility index (Phi) is 1.78. The Morgan fingerprint density at radius 3 is 3.00 bits per heavy atom. The van der Waals surface area contributed by atoms with Gasteiger partial charge < -0.3 is 4.90 Å². The van der Waals surface area contributed by atoms with E-state index in [0.29, 0.717) is 0 Å². The summed E-state index contributed by atoms with van der Waals surface area (Å²) in [6.07, 6.45) is 9.87. The lowest BCUT2D eigenvalue weighted by molar-refractivity contribution is 1.04. The molecule has 0 fully saturated rings. The summed E-state index contributed by atoms with van der Waals surface area (Å²) < 4.78 is 0.